The zero-order chi connectivity index (χ0) is 14.6. The van der Waals surface area contributed by atoms with Gasteiger partial charge in [-0.2, -0.15) is 0 Å². The number of amides is 1. The summed E-state index contributed by atoms with van der Waals surface area (Å²) < 4.78 is 10.4. The van der Waals surface area contributed by atoms with Crippen LogP contribution >= 0.6 is 0 Å². The third kappa shape index (κ3) is 3.22. The lowest BCUT2D eigenvalue weighted by atomic mass is 9.90. The Bertz CT molecular complexity index is 482. The Hall–Kier alpha value is -1.75. The summed E-state index contributed by atoms with van der Waals surface area (Å²) in [6.45, 7) is 3.93. The lowest BCUT2D eigenvalue weighted by Gasteiger charge is -2.35. The van der Waals surface area contributed by atoms with Crippen LogP contribution < -0.4 is 20.1 Å². The first kappa shape index (κ1) is 14.7. The van der Waals surface area contributed by atoms with Gasteiger partial charge >= 0.3 is 0 Å². The number of carbonyl (C=O) groups is 1. The van der Waals surface area contributed by atoms with Gasteiger partial charge in [0.2, 0.25) is 0 Å². The van der Waals surface area contributed by atoms with Gasteiger partial charge in [-0.25, -0.2) is 0 Å². The van der Waals surface area contributed by atoms with E-state index in [0.717, 1.165) is 25.9 Å². The topological polar surface area (TPSA) is 59.6 Å². The van der Waals surface area contributed by atoms with Gasteiger partial charge in [-0.05, 0) is 51.1 Å². The smallest absolute Gasteiger partial charge is 0.255 e. The molecule has 110 valence electrons. The predicted molar refractivity (Wildman–Crippen MR) is 77.5 cm³/mol. The molecule has 1 aromatic carbocycles. The molecular formula is C15H22N2O3. The molecular weight excluding hydrogens is 256 g/mol. The SMILES string of the molecule is COc1ccc(OC)c(C(=O)NC2(C)CCNCC2)c1. The van der Waals surface area contributed by atoms with Crippen molar-refractivity contribution in [2.24, 2.45) is 0 Å². The molecule has 1 aliphatic heterocycles. The molecule has 5 heteroatoms. The minimum Gasteiger partial charge on any atom is -0.497 e. The number of nitrogens with one attached hydrogen (secondary N) is 2. The van der Waals surface area contributed by atoms with Crippen molar-refractivity contribution in [2.75, 3.05) is 27.3 Å². The zero-order valence-corrected chi connectivity index (χ0v) is 12.3. The summed E-state index contributed by atoms with van der Waals surface area (Å²) in [5.41, 5.74) is 0.336. The number of ether oxygens (including phenoxy) is 2. The second-order valence-corrected chi connectivity index (χ2v) is 5.33. The summed E-state index contributed by atoms with van der Waals surface area (Å²) in [5, 5.41) is 6.42. The number of rotatable bonds is 4. The Balaban J connectivity index is 2.19. The molecule has 0 aliphatic carbocycles. The van der Waals surface area contributed by atoms with Crippen LogP contribution in [0.5, 0.6) is 11.5 Å². The van der Waals surface area contributed by atoms with Crippen molar-refractivity contribution in [3.05, 3.63) is 23.8 Å². The highest BCUT2D eigenvalue weighted by Crippen LogP contribution is 2.25. The van der Waals surface area contributed by atoms with E-state index in [9.17, 15) is 4.79 Å². The Labute approximate surface area is 119 Å². The van der Waals surface area contributed by atoms with E-state index >= 15 is 0 Å². The molecule has 1 heterocycles. The first-order chi connectivity index (χ1) is 9.58. The lowest BCUT2D eigenvalue weighted by Crippen LogP contribution is -2.52. The standard InChI is InChI=1S/C15H22N2O3/c1-15(6-8-16-9-7-15)17-14(18)12-10-11(19-2)4-5-13(12)20-3/h4-5,10,16H,6-9H2,1-3H3,(H,17,18). The summed E-state index contributed by atoms with van der Waals surface area (Å²) in [6.07, 6.45) is 1.84. The minimum absolute atomic E-state index is 0.120. The van der Waals surface area contributed by atoms with Gasteiger partial charge in [0.05, 0.1) is 19.8 Å². The van der Waals surface area contributed by atoms with Gasteiger partial charge < -0.3 is 20.1 Å². The number of hydrogen-bond donors (Lipinski definition) is 2. The van der Waals surface area contributed by atoms with E-state index in [-0.39, 0.29) is 11.4 Å². The molecule has 5 nitrogen and oxygen atoms in total. The molecule has 20 heavy (non-hydrogen) atoms. The maximum Gasteiger partial charge on any atom is 0.255 e. The van der Waals surface area contributed by atoms with Gasteiger partial charge in [-0.15, -0.1) is 0 Å². The molecule has 2 rings (SSSR count). The number of methoxy groups -OCH3 is 2. The van der Waals surface area contributed by atoms with E-state index in [4.69, 9.17) is 9.47 Å². The van der Waals surface area contributed by atoms with E-state index in [1.165, 1.54) is 0 Å². The van der Waals surface area contributed by atoms with Crippen LogP contribution in [0.1, 0.15) is 30.1 Å². The quantitative estimate of drug-likeness (QED) is 0.878. The average molecular weight is 278 g/mol. The van der Waals surface area contributed by atoms with Crippen molar-refractivity contribution in [2.45, 2.75) is 25.3 Å². The fraction of sp³-hybridized carbons (Fsp3) is 0.533. The van der Waals surface area contributed by atoms with E-state index in [0.29, 0.717) is 17.1 Å². The number of piperidine rings is 1. The van der Waals surface area contributed by atoms with E-state index < -0.39 is 0 Å². The minimum atomic E-state index is -0.170. The predicted octanol–water partition coefficient (Wildman–Crippen LogP) is 1.58. The van der Waals surface area contributed by atoms with Crippen LogP contribution in [-0.2, 0) is 0 Å². The Morgan fingerprint density at radius 3 is 2.55 bits per heavy atom. The van der Waals surface area contributed by atoms with Crippen LogP contribution in [0.25, 0.3) is 0 Å². The zero-order valence-electron chi connectivity index (χ0n) is 12.3. The molecule has 1 amide bonds. The molecule has 0 atom stereocenters. The fourth-order valence-electron chi connectivity index (χ4n) is 2.44. The normalized spacial score (nSPS) is 17.4. The van der Waals surface area contributed by atoms with Crippen molar-refractivity contribution in [3.8, 4) is 11.5 Å². The summed E-state index contributed by atoms with van der Waals surface area (Å²) in [5.74, 6) is 1.08. The number of hydrogen-bond acceptors (Lipinski definition) is 4. The van der Waals surface area contributed by atoms with Crippen LogP contribution in [0, 0.1) is 0 Å². The van der Waals surface area contributed by atoms with Crippen LogP contribution in [0.2, 0.25) is 0 Å². The Morgan fingerprint density at radius 1 is 1.25 bits per heavy atom. The highest BCUT2D eigenvalue weighted by Gasteiger charge is 2.29. The van der Waals surface area contributed by atoms with Gasteiger partial charge in [0.15, 0.2) is 0 Å². The summed E-state index contributed by atoms with van der Waals surface area (Å²) in [6, 6.07) is 5.24. The molecule has 0 unspecified atom stereocenters. The Morgan fingerprint density at radius 2 is 1.95 bits per heavy atom. The molecule has 1 aromatic rings. The van der Waals surface area contributed by atoms with E-state index in [1.807, 2.05) is 0 Å². The molecule has 0 saturated carbocycles. The third-order valence-corrected chi connectivity index (χ3v) is 3.77. The summed E-state index contributed by atoms with van der Waals surface area (Å²) >= 11 is 0. The van der Waals surface area contributed by atoms with Gasteiger partial charge in [-0.1, -0.05) is 0 Å². The van der Waals surface area contributed by atoms with E-state index in [1.54, 1.807) is 32.4 Å². The van der Waals surface area contributed by atoms with Gasteiger partial charge in [0.25, 0.3) is 5.91 Å². The lowest BCUT2D eigenvalue weighted by molar-refractivity contribution is 0.0884. The highest BCUT2D eigenvalue weighted by atomic mass is 16.5. The average Bonchev–Trinajstić information content (AvgIpc) is 2.46. The van der Waals surface area contributed by atoms with Crippen LogP contribution in [0.4, 0.5) is 0 Å². The van der Waals surface area contributed by atoms with Crippen molar-refractivity contribution >= 4 is 5.91 Å². The van der Waals surface area contributed by atoms with Crippen molar-refractivity contribution in [3.63, 3.8) is 0 Å². The van der Waals surface area contributed by atoms with Crippen LogP contribution in [-0.4, -0.2) is 38.8 Å². The fourth-order valence-corrected chi connectivity index (χ4v) is 2.44. The molecule has 0 bridgehead atoms. The van der Waals surface area contributed by atoms with Crippen molar-refractivity contribution in [1.82, 2.24) is 10.6 Å². The van der Waals surface area contributed by atoms with Crippen molar-refractivity contribution < 1.29 is 14.3 Å². The molecule has 0 aromatic heterocycles. The maximum absolute atomic E-state index is 12.5. The summed E-state index contributed by atoms with van der Waals surface area (Å²) in [4.78, 5) is 12.5. The van der Waals surface area contributed by atoms with Gasteiger partial charge in [0.1, 0.15) is 11.5 Å². The summed E-state index contributed by atoms with van der Waals surface area (Å²) in [7, 11) is 3.14. The van der Waals surface area contributed by atoms with Gasteiger partial charge in [-0.3, -0.25) is 4.79 Å². The molecule has 1 saturated heterocycles. The van der Waals surface area contributed by atoms with Crippen LogP contribution in [0.3, 0.4) is 0 Å². The monoisotopic (exact) mass is 278 g/mol. The van der Waals surface area contributed by atoms with E-state index in [2.05, 4.69) is 17.6 Å². The third-order valence-electron chi connectivity index (χ3n) is 3.77. The molecule has 0 spiro atoms. The maximum atomic E-state index is 12.5. The molecule has 0 radical (unpaired) electrons. The number of carbonyl (C=O) groups excluding carboxylic acids is 1. The Kier molecular flexibility index (Phi) is 4.49. The highest BCUT2D eigenvalue weighted by molar-refractivity contribution is 5.97. The van der Waals surface area contributed by atoms with Crippen molar-refractivity contribution in [1.29, 1.82) is 0 Å². The van der Waals surface area contributed by atoms with Crippen LogP contribution in [0.15, 0.2) is 18.2 Å². The largest absolute Gasteiger partial charge is 0.497 e. The van der Waals surface area contributed by atoms with Gasteiger partial charge in [0, 0.05) is 5.54 Å². The second-order valence-electron chi connectivity index (χ2n) is 5.33. The second kappa shape index (κ2) is 6.13. The number of benzene rings is 1. The molecule has 2 N–H and O–H groups in total. The first-order valence-electron chi connectivity index (χ1n) is 6.83. The molecule has 1 fully saturated rings. The molecule has 1 aliphatic rings. The first-order valence-corrected chi connectivity index (χ1v) is 6.83.